The van der Waals surface area contributed by atoms with Crippen molar-refractivity contribution in [3.05, 3.63) is 17.5 Å². The SMILES string of the molecule is NCc1cc(CC2CCCS2)n[nH]1. The highest BCUT2D eigenvalue weighted by Gasteiger charge is 2.16. The van der Waals surface area contributed by atoms with Crippen LogP contribution in [0, 0.1) is 0 Å². The molecule has 1 fully saturated rings. The summed E-state index contributed by atoms with van der Waals surface area (Å²) in [5.41, 5.74) is 7.70. The topological polar surface area (TPSA) is 54.7 Å². The molecule has 13 heavy (non-hydrogen) atoms. The first-order chi connectivity index (χ1) is 6.38. The van der Waals surface area contributed by atoms with Crippen LogP contribution < -0.4 is 5.73 Å². The predicted molar refractivity (Wildman–Crippen MR) is 55.7 cm³/mol. The fourth-order valence-electron chi connectivity index (χ4n) is 1.66. The first kappa shape index (κ1) is 9.09. The lowest BCUT2D eigenvalue weighted by Gasteiger charge is -2.03. The van der Waals surface area contributed by atoms with Crippen molar-refractivity contribution in [2.75, 3.05) is 5.75 Å². The molecule has 0 aliphatic carbocycles. The van der Waals surface area contributed by atoms with Crippen LogP contribution in [0.2, 0.25) is 0 Å². The molecule has 1 aromatic heterocycles. The maximum atomic E-state index is 5.49. The number of aromatic amines is 1. The van der Waals surface area contributed by atoms with Gasteiger partial charge in [0.2, 0.25) is 0 Å². The minimum absolute atomic E-state index is 0.560. The van der Waals surface area contributed by atoms with Crippen molar-refractivity contribution in [1.29, 1.82) is 0 Å². The smallest absolute Gasteiger partial charge is 0.0636 e. The van der Waals surface area contributed by atoms with Gasteiger partial charge in [-0.2, -0.15) is 16.9 Å². The highest BCUT2D eigenvalue weighted by Crippen LogP contribution is 2.28. The number of aromatic nitrogens is 2. The molecule has 4 heteroatoms. The third kappa shape index (κ3) is 2.25. The minimum atomic E-state index is 0.560. The van der Waals surface area contributed by atoms with Crippen LogP contribution in [0.25, 0.3) is 0 Å². The van der Waals surface area contributed by atoms with E-state index in [1.807, 2.05) is 0 Å². The molecule has 0 aromatic carbocycles. The summed E-state index contributed by atoms with van der Waals surface area (Å²) in [6.45, 7) is 0.560. The van der Waals surface area contributed by atoms with Crippen molar-refractivity contribution in [1.82, 2.24) is 10.2 Å². The Morgan fingerprint density at radius 3 is 3.23 bits per heavy atom. The standard InChI is InChI=1S/C9H15N3S/c10-6-8-4-7(11-12-8)5-9-2-1-3-13-9/h4,9H,1-3,5-6,10H2,(H,11,12). The van der Waals surface area contributed by atoms with E-state index in [-0.39, 0.29) is 0 Å². The lowest BCUT2D eigenvalue weighted by Crippen LogP contribution is -2.01. The number of rotatable bonds is 3. The van der Waals surface area contributed by atoms with Gasteiger partial charge < -0.3 is 5.73 Å². The van der Waals surface area contributed by atoms with Crippen LogP contribution in [0.15, 0.2) is 6.07 Å². The van der Waals surface area contributed by atoms with E-state index >= 15 is 0 Å². The van der Waals surface area contributed by atoms with Gasteiger partial charge in [0.15, 0.2) is 0 Å². The first-order valence-electron chi connectivity index (χ1n) is 4.73. The average molecular weight is 197 g/mol. The van der Waals surface area contributed by atoms with Crippen molar-refractivity contribution in [2.45, 2.75) is 31.1 Å². The number of hydrogen-bond donors (Lipinski definition) is 2. The zero-order valence-electron chi connectivity index (χ0n) is 7.62. The summed E-state index contributed by atoms with van der Waals surface area (Å²) in [4.78, 5) is 0. The zero-order valence-corrected chi connectivity index (χ0v) is 8.44. The van der Waals surface area contributed by atoms with Crippen molar-refractivity contribution in [3.8, 4) is 0 Å². The van der Waals surface area contributed by atoms with E-state index in [9.17, 15) is 0 Å². The summed E-state index contributed by atoms with van der Waals surface area (Å²) < 4.78 is 0. The molecule has 3 nitrogen and oxygen atoms in total. The molecule has 0 spiro atoms. The van der Waals surface area contributed by atoms with Crippen molar-refractivity contribution in [2.24, 2.45) is 5.73 Å². The Bertz CT molecular complexity index is 266. The van der Waals surface area contributed by atoms with Crippen molar-refractivity contribution < 1.29 is 0 Å². The molecular weight excluding hydrogens is 182 g/mol. The van der Waals surface area contributed by atoms with E-state index in [1.165, 1.54) is 24.3 Å². The summed E-state index contributed by atoms with van der Waals surface area (Å²) in [7, 11) is 0. The summed E-state index contributed by atoms with van der Waals surface area (Å²) in [5.74, 6) is 1.32. The van der Waals surface area contributed by atoms with E-state index in [1.54, 1.807) is 0 Å². The minimum Gasteiger partial charge on any atom is -0.325 e. The van der Waals surface area contributed by atoms with Crippen molar-refractivity contribution in [3.63, 3.8) is 0 Å². The third-order valence-electron chi connectivity index (χ3n) is 2.36. The van der Waals surface area contributed by atoms with E-state index in [0.29, 0.717) is 6.54 Å². The molecular formula is C9H15N3S. The summed E-state index contributed by atoms with van der Waals surface area (Å²) in [6.07, 6.45) is 3.81. The number of nitrogens with zero attached hydrogens (tertiary/aromatic N) is 1. The van der Waals surface area contributed by atoms with E-state index < -0.39 is 0 Å². The second-order valence-corrected chi connectivity index (χ2v) is 4.84. The van der Waals surface area contributed by atoms with Gasteiger partial charge in [-0.15, -0.1) is 0 Å². The molecule has 0 radical (unpaired) electrons. The fraction of sp³-hybridized carbons (Fsp3) is 0.667. The third-order valence-corrected chi connectivity index (χ3v) is 3.76. The molecule has 1 atom stereocenters. The van der Waals surface area contributed by atoms with Crippen LogP contribution in [0.4, 0.5) is 0 Å². The maximum Gasteiger partial charge on any atom is 0.0636 e. The molecule has 0 bridgehead atoms. The fourth-order valence-corrected chi connectivity index (χ4v) is 2.95. The lowest BCUT2D eigenvalue weighted by atomic mass is 10.1. The van der Waals surface area contributed by atoms with Crippen LogP contribution in [-0.2, 0) is 13.0 Å². The van der Waals surface area contributed by atoms with Crippen molar-refractivity contribution >= 4 is 11.8 Å². The van der Waals surface area contributed by atoms with E-state index in [4.69, 9.17) is 5.73 Å². The van der Waals surface area contributed by atoms with Gasteiger partial charge in [0.05, 0.1) is 5.69 Å². The van der Waals surface area contributed by atoms with Gasteiger partial charge in [0, 0.05) is 23.9 Å². The summed E-state index contributed by atoms with van der Waals surface area (Å²) >= 11 is 2.07. The monoisotopic (exact) mass is 197 g/mol. The Morgan fingerprint density at radius 2 is 2.62 bits per heavy atom. The van der Waals surface area contributed by atoms with Crippen LogP contribution >= 0.6 is 11.8 Å². The highest BCUT2D eigenvalue weighted by atomic mass is 32.2. The molecule has 1 unspecified atom stereocenters. The second-order valence-electron chi connectivity index (χ2n) is 3.43. The molecule has 1 saturated heterocycles. The van der Waals surface area contributed by atoms with Gasteiger partial charge in [0.1, 0.15) is 0 Å². The van der Waals surface area contributed by atoms with Gasteiger partial charge in [-0.05, 0) is 24.7 Å². The maximum absolute atomic E-state index is 5.49. The van der Waals surface area contributed by atoms with Gasteiger partial charge in [-0.3, -0.25) is 5.10 Å². The summed E-state index contributed by atoms with van der Waals surface area (Å²) in [5, 5.41) is 7.96. The quantitative estimate of drug-likeness (QED) is 0.768. The molecule has 1 aliphatic rings. The number of nitrogens with one attached hydrogen (secondary N) is 1. The Labute approximate surface area is 82.5 Å². The normalized spacial score (nSPS) is 22.4. The number of thioether (sulfide) groups is 1. The van der Waals surface area contributed by atoms with Gasteiger partial charge in [-0.25, -0.2) is 0 Å². The van der Waals surface area contributed by atoms with Crippen LogP contribution in [-0.4, -0.2) is 21.2 Å². The molecule has 0 amide bonds. The second kappa shape index (κ2) is 4.15. The van der Waals surface area contributed by atoms with E-state index in [2.05, 4.69) is 28.0 Å². The zero-order chi connectivity index (χ0) is 9.10. The first-order valence-corrected chi connectivity index (χ1v) is 5.78. The molecule has 72 valence electrons. The van der Waals surface area contributed by atoms with Gasteiger partial charge in [0.25, 0.3) is 0 Å². The molecule has 1 aromatic rings. The summed E-state index contributed by atoms with van der Waals surface area (Å²) in [6, 6.07) is 2.08. The van der Waals surface area contributed by atoms with Gasteiger partial charge >= 0.3 is 0 Å². The van der Waals surface area contributed by atoms with Gasteiger partial charge in [-0.1, -0.05) is 0 Å². The number of hydrogen-bond acceptors (Lipinski definition) is 3. The number of nitrogens with two attached hydrogens (primary N) is 1. The van der Waals surface area contributed by atoms with Crippen LogP contribution in [0.5, 0.6) is 0 Å². The molecule has 3 N–H and O–H groups in total. The Hall–Kier alpha value is -0.480. The Morgan fingerprint density at radius 1 is 1.69 bits per heavy atom. The van der Waals surface area contributed by atoms with E-state index in [0.717, 1.165) is 17.4 Å². The largest absolute Gasteiger partial charge is 0.325 e. The lowest BCUT2D eigenvalue weighted by molar-refractivity contribution is 0.760. The average Bonchev–Trinajstić information content (AvgIpc) is 2.76. The molecule has 2 heterocycles. The predicted octanol–water partition coefficient (Wildman–Crippen LogP) is 1.31. The highest BCUT2D eigenvalue weighted by molar-refractivity contribution is 8.00. The Balaban J connectivity index is 1.92. The number of H-pyrrole nitrogens is 1. The molecule has 1 aliphatic heterocycles. The van der Waals surface area contributed by atoms with Crippen LogP contribution in [0.3, 0.4) is 0 Å². The molecule has 0 saturated carbocycles. The Kier molecular flexibility index (Phi) is 2.90. The van der Waals surface area contributed by atoms with Crippen LogP contribution in [0.1, 0.15) is 24.2 Å². The molecule has 2 rings (SSSR count).